The smallest absolute Gasteiger partial charge is 0.198 e. The molecule has 132 valence electrons. The lowest BCUT2D eigenvalue weighted by Crippen LogP contribution is -2.52. The van der Waals surface area contributed by atoms with Crippen LogP contribution in [-0.4, -0.2) is 68.3 Å². The molecule has 24 heavy (non-hydrogen) atoms. The zero-order valence-corrected chi connectivity index (χ0v) is 15.2. The molecule has 1 saturated heterocycles. The molecule has 1 fully saturated rings. The summed E-state index contributed by atoms with van der Waals surface area (Å²) >= 11 is 0. The number of nitrogens with zero attached hydrogens (tertiary/aromatic N) is 4. The molecule has 2 aliphatic heterocycles. The van der Waals surface area contributed by atoms with E-state index >= 15 is 0 Å². The highest BCUT2D eigenvalue weighted by Crippen LogP contribution is 2.14. The van der Waals surface area contributed by atoms with Crippen molar-refractivity contribution in [2.75, 3.05) is 46.8 Å². The lowest BCUT2D eigenvalue weighted by molar-refractivity contribution is 0.211. The first-order valence-electron chi connectivity index (χ1n) is 8.23. The van der Waals surface area contributed by atoms with Gasteiger partial charge in [0.25, 0.3) is 0 Å². The Hall–Kier alpha value is -2.28. The topological polar surface area (TPSA) is 81.3 Å². The largest absolute Gasteiger partial charge is 0.386 e. The van der Waals surface area contributed by atoms with E-state index in [-0.39, 0.29) is 0 Å². The third-order valence-electron chi connectivity index (χ3n) is 4.38. The minimum atomic E-state index is 0.424. The van der Waals surface area contributed by atoms with Gasteiger partial charge >= 0.3 is 0 Å². The van der Waals surface area contributed by atoms with E-state index in [1.54, 1.807) is 7.05 Å². The number of hydrogen-bond donors (Lipinski definition) is 3. The predicted octanol–water partition coefficient (Wildman–Crippen LogP) is 0.461. The van der Waals surface area contributed by atoms with Crippen LogP contribution in [0.2, 0.25) is 0 Å². The number of nitrogens with one attached hydrogen (secondary N) is 2. The van der Waals surface area contributed by atoms with Gasteiger partial charge in [0.1, 0.15) is 0 Å². The summed E-state index contributed by atoms with van der Waals surface area (Å²) in [6, 6.07) is 0. The van der Waals surface area contributed by atoms with E-state index in [4.69, 9.17) is 5.73 Å². The number of hydrogen-bond acceptors (Lipinski definition) is 7. The van der Waals surface area contributed by atoms with Gasteiger partial charge in [-0.05, 0) is 26.5 Å². The van der Waals surface area contributed by atoms with E-state index in [1.165, 1.54) is 0 Å². The van der Waals surface area contributed by atoms with Gasteiger partial charge in [0.15, 0.2) is 5.96 Å². The third kappa shape index (κ3) is 4.38. The second kappa shape index (κ2) is 8.01. The van der Waals surface area contributed by atoms with Crippen LogP contribution in [0.5, 0.6) is 0 Å². The summed E-state index contributed by atoms with van der Waals surface area (Å²) in [5, 5.41) is 6.47. The van der Waals surface area contributed by atoms with Crippen LogP contribution < -0.4 is 16.4 Å². The van der Waals surface area contributed by atoms with Gasteiger partial charge in [-0.25, -0.2) is 4.99 Å². The fraction of sp³-hybridized carbons (Fsp3) is 0.529. The Kier molecular flexibility index (Phi) is 6.03. The van der Waals surface area contributed by atoms with Crippen LogP contribution in [0.3, 0.4) is 0 Å². The summed E-state index contributed by atoms with van der Waals surface area (Å²) < 4.78 is 0. The van der Waals surface area contributed by atoms with Gasteiger partial charge in [0, 0.05) is 57.2 Å². The first-order valence-corrected chi connectivity index (χ1v) is 8.23. The highest BCUT2D eigenvalue weighted by Gasteiger charge is 2.21. The molecule has 2 aliphatic rings. The molecule has 7 nitrogen and oxygen atoms in total. The highest BCUT2D eigenvalue weighted by atomic mass is 15.3. The van der Waals surface area contributed by atoms with Crippen molar-refractivity contribution in [3.63, 3.8) is 0 Å². The van der Waals surface area contributed by atoms with Crippen molar-refractivity contribution in [3.05, 3.63) is 35.4 Å². The van der Waals surface area contributed by atoms with Crippen LogP contribution in [-0.2, 0) is 0 Å². The molecule has 2 heterocycles. The molecular formula is C17H29N7. The van der Waals surface area contributed by atoms with E-state index in [0.717, 1.165) is 54.7 Å². The highest BCUT2D eigenvalue weighted by molar-refractivity contribution is 6.13. The van der Waals surface area contributed by atoms with Crippen LogP contribution in [0.15, 0.2) is 45.4 Å². The minimum Gasteiger partial charge on any atom is -0.386 e. The van der Waals surface area contributed by atoms with Crippen molar-refractivity contribution in [1.29, 1.82) is 0 Å². The Labute approximate surface area is 144 Å². The molecule has 0 unspecified atom stereocenters. The standard InChI is InChI=1S/C17H29N7/c1-12(13(2)22-14(3)18)16(19-4)15-10-20-17(21-11-15)24-8-6-23(5)7-9-24/h10,22H,3,6-9,11,18H2,1-2,4-5H3,(H,20,21)/b13-12+,19-16+. The predicted molar refractivity (Wildman–Crippen MR) is 101 cm³/mol. The summed E-state index contributed by atoms with van der Waals surface area (Å²) in [5.41, 5.74) is 9.60. The summed E-state index contributed by atoms with van der Waals surface area (Å²) in [4.78, 5) is 13.7. The van der Waals surface area contributed by atoms with Gasteiger partial charge in [0.2, 0.25) is 0 Å². The molecule has 4 N–H and O–H groups in total. The quantitative estimate of drug-likeness (QED) is 0.652. The first-order chi connectivity index (χ1) is 11.4. The zero-order chi connectivity index (χ0) is 17.7. The maximum atomic E-state index is 5.62. The molecule has 0 radical (unpaired) electrons. The van der Waals surface area contributed by atoms with E-state index in [2.05, 4.69) is 44.0 Å². The molecule has 0 aromatic carbocycles. The van der Waals surface area contributed by atoms with Crippen LogP contribution >= 0.6 is 0 Å². The fourth-order valence-electron chi connectivity index (χ4n) is 2.83. The number of rotatable bonds is 4. The fourth-order valence-corrected chi connectivity index (χ4v) is 2.83. The van der Waals surface area contributed by atoms with Crippen LogP contribution in [0.25, 0.3) is 0 Å². The number of aliphatic imine (C=N–C) groups is 2. The van der Waals surface area contributed by atoms with Gasteiger partial charge < -0.3 is 26.2 Å². The van der Waals surface area contributed by atoms with Crippen molar-refractivity contribution >= 4 is 11.7 Å². The summed E-state index contributed by atoms with van der Waals surface area (Å²) in [5.74, 6) is 1.38. The normalized spacial score (nSPS) is 20.7. The molecule has 7 heteroatoms. The Balaban J connectivity index is 2.13. The SMILES string of the molecule is C=C(N)N/C(C)=C(C)/C(=N\C)C1=CN=C(N2CCN(C)CC2)NC1. The van der Waals surface area contributed by atoms with Gasteiger partial charge in [-0.15, -0.1) is 0 Å². The lowest BCUT2D eigenvalue weighted by Gasteiger charge is -2.35. The summed E-state index contributed by atoms with van der Waals surface area (Å²) in [6.45, 7) is 12.5. The van der Waals surface area contributed by atoms with E-state index in [1.807, 2.05) is 20.0 Å². The van der Waals surface area contributed by atoms with Crippen molar-refractivity contribution in [2.24, 2.45) is 15.7 Å². The molecule has 0 aromatic heterocycles. The number of nitrogens with two attached hydrogens (primary N) is 1. The third-order valence-corrected chi connectivity index (χ3v) is 4.38. The molecule has 0 saturated carbocycles. The summed E-state index contributed by atoms with van der Waals surface area (Å²) in [7, 11) is 3.95. The van der Waals surface area contributed by atoms with Gasteiger partial charge in [-0.1, -0.05) is 6.58 Å². The maximum absolute atomic E-state index is 5.62. The molecule has 0 amide bonds. The lowest BCUT2D eigenvalue weighted by atomic mass is 10.0. The van der Waals surface area contributed by atoms with Crippen LogP contribution in [0.4, 0.5) is 0 Å². The molecule has 0 aliphatic carbocycles. The second-order valence-corrected chi connectivity index (χ2v) is 6.22. The Bertz CT molecular complexity index is 604. The van der Waals surface area contributed by atoms with Crippen molar-refractivity contribution in [2.45, 2.75) is 13.8 Å². The average Bonchev–Trinajstić information content (AvgIpc) is 2.56. The Morgan fingerprint density at radius 3 is 2.50 bits per heavy atom. The molecule has 0 atom stereocenters. The van der Waals surface area contributed by atoms with Crippen molar-refractivity contribution in [3.8, 4) is 0 Å². The molecule has 0 aromatic rings. The molecular weight excluding hydrogens is 302 g/mol. The monoisotopic (exact) mass is 331 g/mol. The number of likely N-dealkylation sites (N-methyl/N-ethyl adjacent to an activating group) is 1. The first kappa shape index (κ1) is 18.1. The minimum absolute atomic E-state index is 0.424. The number of allylic oxidation sites excluding steroid dienone is 2. The molecule has 2 rings (SSSR count). The Morgan fingerprint density at radius 2 is 2.00 bits per heavy atom. The molecule has 0 bridgehead atoms. The van der Waals surface area contributed by atoms with Crippen LogP contribution in [0, 0.1) is 0 Å². The van der Waals surface area contributed by atoms with Gasteiger partial charge in [-0.3, -0.25) is 4.99 Å². The van der Waals surface area contributed by atoms with Crippen molar-refractivity contribution < 1.29 is 0 Å². The maximum Gasteiger partial charge on any atom is 0.198 e. The van der Waals surface area contributed by atoms with Crippen LogP contribution in [0.1, 0.15) is 13.8 Å². The zero-order valence-electron chi connectivity index (χ0n) is 15.2. The number of guanidine groups is 1. The Morgan fingerprint density at radius 1 is 1.33 bits per heavy atom. The van der Waals surface area contributed by atoms with E-state index in [0.29, 0.717) is 12.4 Å². The second-order valence-electron chi connectivity index (χ2n) is 6.22. The van der Waals surface area contributed by atoms with Gasteiger partial charge in [-0.2, -0.15) is 0 Å². The van der Waals surface area contributed by atoms with E-state index in [9.17, 15) is 0 Å². The van der Waals surface area contributed by atoms with E-state index < -0.39 is 0 Å². The average molecular weight is 331 g/mol. The van der Waals surface area contributed by atoms with Gasteiger partial charge in [0.05, 0.1) is 11.5 Å². The number of piperazine rings is 1. The molecule has 0 spiro atoms. The van der Waals surface area contributed by atoms with Crippen molar-refractivity contribution in [1.82, 2.24) is 20.4 Å². The summed E-state index contributed by atoms with van der Waals surface area (Å²) in [6.07, 6.45) is 1.92.